The summed E-state index contributed by atoms with van der Waals surface area (Å²) < 4.78 is 7.04. The smallest absolute Gasteiger partial charge is 0.275 e. The van der Waals surface area contributed by atoms with Crippen molar-refractivity contribution in [2.45, 2.75) is 19.8 Å². The van der Waals surface area contributed by atoms with E-state index in [1.165, 1.54) is 6.33 Å². The van der Waals surface area contributed by atoms with Crippen LogP contribution in [0.4, 0.5) is 5.69 Å². The SMILES string of the molecule is CC(C)c1noc(-c2cccnc2-n2cnc(C(=O)Nc3ccc(Cl)cc3)c2)n1. The molecule has 0 saturated heterocycles. The number of nitrogens with one attached hydrogen (secondary N) is 1. The number of hydrogen-bond donors (Lipinski definition) is 1. The van der Waals surface area contributed by atoms with Gasteiger partial charge in [0.15, 0.2) is 11.6 Å². The number of benzene rings is 1. The van der Waals surface area contributed by atoms with Crippen molar-refractivity contribution in [3.63, 3.8) is 0 Å². The van der Waals surface area contributed by atoms with Crippen LogP contribution < -0.4 is 5.32 Å². The molecule has 29 heavy (non-hydrogen) atoms. The quantitative estimate of drug-likeness (QED) is 0.527. The molecule has 8 nitrogen and oxygen atoms in total. The van der Waals surface area contributed by atoms with Gasteiger partial charge in [-0.1, -0.05) is 30.6 Å². The number of halogens is 1. The fourth-order valence-corrected chi connectivity index (χ4v) is 2.76. The molecule has 9 heteroatoms. The minimum atomic E-state index is -0.344. The van der Waals surface area contributed by atoms with Gasteiger partial charge in [0, 0.05) is 29.0 Å². The second kappa shape index (κ2) is 7.84. The van der Waals surface area contributed by atoms with E-state index in [0.717, 1.165) is 0 Å². The summed E-state index contributed by atoms with van der Waals surface area (Å²) in [6, 6.07) is 10.4. The maximum atomic E-state index is 12.5. The molecule has 1 aromatic carbocycles. The number of hydrogen-bond acceptors (Lipinski definition) is 6. The third-order valence-corrected chi connectivity index (χ3v) is 4.39. The highest BCUT2D eigenvalue weighted by molar-refractivity contribution is 6.30. The van der Waals surface area contributed by atoms with E-state index in [1.807, 2.05) is 19.9 Å². The molecular formula is C20H17ClN6O2. The average Bonchev–Trinajstić information content (AvgIpc) is 3.40. The predicted octanol–water partition coefficient (Wildman–Crippen LogP) is 4.35. The van der Waals surface area contributed by atoms with E-state index in [0.29, 0.717) is 33.8 Å². The summed E-state index contributed by atoms with van der Waals surface area (Å²) in [5.41, 5.74) is 1.51. The topological polar surface area (TPSA) is 98.7 Å². The van der Waals surface area contributed by atoms with Crippen LogP contribution in [0.25, 0.3) is 17.3 Å². The Morgan fingerprint density at radius 3 is 2.69 bits per heavy atom. The molecule has 0 spiro atoms. The zero-order chi connectivity index (χ0) is 20.4. The largest absolute Gasteiger partial charge is 0.334 e. The van der Waals surface area contributed by atoms with Gasteiger partial charge < -0.3 is 9.84 Å². The van der Waals surface area contributed by atoms with Crippen molar-refractivity contribution in [1.29, 1.82) is 0 Å². The Morgan fingerprint density at radius 2 is 1.97 bits per heavy atom. The molecular weight excluding hydrogens is 392 g/mol. The summed E-state index contributed by atoms with van der Waals surface area (Å²) in [7, 11) is 0. The van der Waals surface area contributed by atoms with Crippen molar-refractivity contribution in [3.8, 4) is 17.3 Å². The van der Waals surface area contributed by atoms with Gasteiger partial charge in [-0.2, -0.15) is 4.98 Å². The zero-order valence-electron chi connectivity index (χ0n) is 15.7. The first-order chi connectivity index (χ1) is 14.0. The summed E-state index contributed by atoms with van der Waals surface area (Å²) in [5, 5.41) is 7.37. The molecule has 0 radical (unpaired) electrons. The first kappa shape index (κ1) is 18.8. The predicted molar refractivity (Wildman–Crippen MR) is 108 cm³/mol. The molecule has 0 aliphatic carbocycles. The molecule has 3 aromatic heterocycles. The van der Waals surface area contributed by atoms with Crippen molar-refractivity contribution in [3.05, 3.63) is 71.7 Å². The van der Waals surface area contributed by atoms with E-state index >= 15 is 0 Å². The van der Waals surface area contributed by atoms with E-state index < -0.39 is 0 Å². The maximum absolute atomic E-state index is 12.5. The van der Waals surface area contributed by atoms with E-state index in [9.17, 15) is 4.79 Å². The van der Waals surface area contributed by atoms with E-state index in [1.54, 1.807) is 47.3 Å². The van der Waals surface area contributed by atoms with Crippen LogP contribution in [0.1, 0.15) is 36.1 Å². The van der Waals surface area contributed by atoms with Gasteiger partial charge in [0.2, 0.25) is 0 Å². The molecule has 1 amide bonds. The zero-order valence-corrected chi connectivity index (χ0v) is 16.5. The summed E-state index contributed by atoms with van der Waals surface area (Å²) in [4.78, 5) is 25.5. The lowest BCUT2D eigenvalue weighted by atomic mass is 10.2. The monoisotopic (exact) mass is 408 g/mol. The number of imidazole rings is 1. The van der Waals surface area contributed by atoms with Crippen molar-refractivity contribution in [2.75, 3.05) is 5.32 Å². The number of rotatable bonds is 5. The van der Waals surface area contributed by atoms with E-state index in [2.05, 4.69) is 25.4 Å². The number of amides is 1. The molecule has 1 N–H and O–H groups in total. The molecule has 0 aliphatic rings. The van der Waals surface area contributed by atoms with Gasteiger partial charge >= 0.3 is 0 Å². The summed E-state index contributed by atoms with van der Waals surface area (Å²) in [6.07, 6.45) is 4.76. The molecule has 0 aliphatic heterocycles. The normalized spacial score (nSPS) is 11.0. The Labute approximate surface area is 171 Å². The van der Waals surface area contributed by atoms with Crippen LogP contribution in [-0.2, 0) is 0 Å². The van der Waals surface area contributed by atoms with E-state index in [-0.39, 0.29) is 17.5 Å². The molecule has 0 bridgehead atoms. The molecule has 4 rings (SSSR count). The molecule has 0 saturated carbocycles. The number of carbonyl (C=O) groups excluding carboxylic acids is 1. The van der Waals surface area contributed by atoms with Crippen LogP contribution in [0.3, 0.4) is 0 Å². The third kappa shape index (κ3) is 4.02. The van der Waals surface area contributed by atoms with E-state index in [4.69, 9.17) is 16.1 Å². The van der Waals surface area contributed by atoms with Crippen LogP contribution in [0.2, 0.25) is 5.02 Å². The minimum Gasteiger partial charge on any atom is -0.334 e. The minimum absolute atomic E-state index is 0.143. The fraction of sp³-hybridized carbons (Fsp3) is 0.150. The molecule has 3 heterocycles. The molecule has 4 aromatic rings. The highest BCUT2D eigenvalue weighted by Gasteiger charge is 2.18. The van der Waals surface area contributed by atoms with Gasteiger partial charge in [0.1, 0.15) is 12.0 Å². The first-order valence-electron chi connectivity index (χ1n) is 8.91. The number of anilines is 1. The van der Waals surface area contributed by atoms with Gasteiger partial charge in [-0.3, -0.25) is 9.36 Å². The van der Waals surface area contributed by atoms with Crippen molar-refractivity contribution >= 4 is 23.2 Å². The highest BCUT2D eigenvalue weighted by Crippen LogP contribution is 2.25. The number of aromatic nitrogens is 5. The Hall–Kier alpha value is -3.52. The Morgan fingerprint density at radius 1 is 1.17 bits per heavy atom. The summed E-state index contributed by atoms with van der Waals surface area (Å²) in [5.74, 6) is 1.30. The molecule has 0 atom stereocenters. The molecule has 0 unspecified atom stereocenters. The second-order valence-electron chi connectivity index (χ2n) is 6.61. The van der Waals surface area contributed by atoms with Gasteiger partial charge in [-0.15, -0.1) is 0 Å². The standard InChI is InChI=1S/C20H17ClN6O2/c1-12(2)17-25-20(29-26-17)15-4-3-9-22-18(15)27-10-16(23-11-27)19(28)24-14-7-5-13(21)6-8-14/h3-12H,1-2H3,(H,24,28). The highest BCUT2D eigenvalue weighted by atomic mass is 35.5. The molecule has 0 fully saturated rings. The lowest BCUT2D eigenvalue weighted by Crippen LogP contribution is -2.12. The maximum Gasteiger partial charge on any atom is 0.275 e. The Bertz CT molecular complexity index is 1150. The number of pyridine rings is 1. The van der Waals surface area contributed by atoms with Gasteiger partial charge in [-0.25, -0.2) is 9.97 Å². The lowest BCUT2D eigenvalue weighted by Gasteiger charge is -2.05. The van der Waals surface area contributed by atoms with Gasteiger partial charge in [-0.05, 0) is 36.4 Å². The summed E-state index contributed by atoms with van der Waals surface area (Å²) in [6.45, 7) is 3.97. The number of carbonyl (C=O) groups is 1. The first-order valence-corrected chi connectivity index (χ1v) is 9.29. The average molecular weight is 409 g/mol. The Balaban J connectivity index is 1.61. The van der Waals surface area contributed by atoms with Crippen molar-refractivity contribution in [1.82, 2.24) is 24.7 Å². The van der Waals surface area contributed by atoms with Crippen LogP contribution in [0.15, 0.2) is 59.6 Å². The molecule has 146 valence electrons. The van der Waals surface area contributed by atoms with Crippen molar-refractivity contribution in [2.24, 2.45) is 0 Å². The number of nitrogens with zero attached hydrogens (tertiary/aromatic N) is 5. The van der Waals surface area contributed by atoms with Crippen LogP contribution >= 0.6 is 11.6 Å². The third-order valence-electron chi connectivity index (χ3n) is 4.14. The second-order valence-corrected chi connectivity index (χ2v) is 7.05. The van der Waals surface area contributed by atoms with Gasteiger partial charge in [0.25, 0.3) is 11.8 Å². The fourth-order valence-electron chi connectivity index (χ4n) is 2.63. The van der Waals surface area contributed by atoms with Crippen LogP contribution in [0.5, 0.6) is 0 Å². The summed E-state index contributed by atoms with van der Waals surface area (Å²) >= 11 is 5.87. The lowest BCUT2D eigenvalue weighted by molar-refractivity contribution is 0.102. The van der Waals surface area contributed by atoms with Gasteiger partial charge in [0.05, 0.1) is 5.56 Å². The van der Waals surface area contributed by atoms with Crippen LogP contribution in [0, 0.1) is 0 Å². The van der Waals surface area contributed by atoms with Crippen molar-refractivity contribution < 1.29 is 9.32 Å². The Kier molecular flexibility index (Phi) is 5.09. The van der Waals surface area contributed by atoms with Crippen LogP contribution in [-0.4, -0.2) is 30.6 Å².